The first-order valence-corrected chi connectivity index (χ1v) is 8.21. The third-order valence-corrected chi connectivity index (χ3v) is 3.29. The van der Waals surface area contributed by atoms with E-state index in [4.69, 9.17) is 5.73 Å². The smallest absolute Gasteiger partial charge is 0.131 e. The van der Waals surface area contributed by atoms with Gasteiger partial charge >= 0.3 is 0 Å². The summed E-state index contributed by atoms with van der Waals surface area (Å²) in [5.74, 6) is 1.08. The number of thioether (sulfide) groups is 1. The molecule has 4 heteroatoms. The molecule has 0 atom stereocenters. The number of hydrogen-bond donors (Lipinski definition) is 2. The van der Waals surface area contributed by atoms with Gasteiger partial charge in [0.2, 0.25) is 0 Å². The quantitative estimate of drug-likeness (QED) is 0.495. The lowest BCUT2D eigenvalue weighted by Gasteiger charge is -1.99. The van der Waals surface area contributed by atoms with Gasteiger partial charge in [-0.1, -0.05) is 64.0 Å². The van der Waals surface area contributed by atoms with Crippen molar-refractivity contribution in [3.05, 3.63) is 0 Å². The third kappa shape index (κ3) is 26.0. The summed E-state index contributed by atoms with van der Waals surface area (Å²) in [7, 11) is 0. The topological polar surface area (TPSA) is 38.0 Å². The highest BCUT2D eigenvalue weighted by molar-refractivity contribution is 8.22. The monoisotopic (exact) mass is 278 g/mol. The Morgan fingerprint density at radius 1 is 1.00 bits per heavy atom. The number of hydrogen-bond acceptors (Lipinski definition) is 3. The van der Waals surface area contributed by atoms with Crippen molar-refractivity contribution in [2.45, 2.75) is 59.3 Å². The molecule has 0 aromatic carbocycles. The Balaban J connectivity index is 0. The number of nitrogens with one attached hydrogen (secondary N) is 1. The molecule has 0 aliphatic carbocycles. The van der Waals surface area contributed by atoms with Gasteiger partial charge in [-0.05, 0) is 32.4 Å². The molecule has 0 unspecified atom stereocenters. The third-order valence-electron chi connectivity index (χ3n) is 2.16. The maximum atomic E-state index is 5.23. The Hall–Kier alpha value is 0.200. The molecule has 2 nitrogen and oxygen atoms in total. The molecule has 104 valence electrons. The normalized spacial score (nSPS) is 9.59. The molecule has 0 saturated heterocycles. The van der Waals surface area contributed by atoms with Crippen molar-refractivity contribution in [3.8, 4) is 0 Å². The van der Waals surface area contributed by atoms with Crippen LogP contribution < -0.4 is 11.1 Å². The molecule has 0 heterocycles. The van der Waals surface area contributed by atoms with E-state index in [1.807, 2.05) is 0 Å². The second-order valence-corrected chi connectivity index (χ2v) is 5.81. The van der Waals surface area contributed by atoms with Gasteiger partial charge in [0.15, 0.2) is 0 Å². The van der Waals surface area contributed by atoms with Crippen molar-refractivity contribution < 1.29 is 0 Å². The van der Waals surface area contributed by atoms with E-state index < -0.39 is 0 Å². The van der Waals surface area contributed by atoms with Crippen LogP contribution in [0.1, 0.15) is 59.3 Å². The number of rotatable bonds is 9. The van der Waals surface area contributed by atoms with Crippen LogP contribution in [-0.4, -0.2) is 23.2 Å². The van der Waals surface area contributed by atoms with Crippen molar-refractivity contribution >= 4 is 28.3 Å². The zero-order valence-corrected chi connectivity index (χ0v) is 13.4. The second kappa shape index (κ2) is 18.6. The summed E-state index contributed by atoms with van der Waals surface area (Å²) in [4.78, 5) is 0. The average Bonchev–Trinajstić information content (AvgIpc) is 2.30. The minimum absolute atomic E-state index is 0.568. The molecule has 0 radical (unpaired) electrons. The molecule has 0 aliphatic heterocycles. The first-order valence-electron chi connectivity index (χ1n) is 6.81. The molecule has 0 spiro atoms. The number of thiocarbonyl (C=S) groups is 1. The summed E-state index contributed by atoms with van der Waals surface area (Å²) < 4.78 is 0.568. The first kappa shape index (κ1) is 19.5. The van der Waals surface area contributed by atoms with Gasteiger partial charge in [0.25, 0.3) is 0 Å². The molecule has 0 saturated carbocycles. The minimum atomic E-state index is 0.568. The molecule has 17 heavy (non-hydrogen) atoms. The highest BCUT2D eigenvalue weighted by Crippen LogP contribution is 2.02. The zero-order chi connectivity index (χ0) is 13.4. The molecular formula is C13H30N2S2. The van der Waals surface area contributed by atoms with E-state index in [2.05, 4.69) is 38.3 Å². The van der Waals surface area contributed by atoms with Crippen molar-refractivity contribution in [1.29, 1.82) is 0 Å². The Labute approximate surface area is 117 Å². The molecule has 0 aromatic heterocycles. The Kier molecular flexibility index (Phi) is 21.3. The summed E-state index contributed by atoms with van der Waals surface area (Å²) >= 11 is 6.21. The largest absolute Gasteiger partial charge is 0.385 e. The lowest BCUT2D eigenvalue weighted by molar-refractivity contribution is 0.611. The van der Waals surface area contributed by atoms with Crippen LogP contribution in [0.25, 0.3) is 0 Å². The van der Waals surface area contributed by atoms with Gasteiger partial charge in [-0.15, -0.1) is 0 Å². The van der Waals surface area contributed by atoms with E-state index in [0.717, 1.165) is 5.75 Å². The molecule has 0 aromatic rings. The van der Waals surface area contributed by atoms with E-state index in [9.17, 15) is 0 Å². The van der Waals surface area contributed by atoms with Gasteiger partial charge in [-0.25, -0.2) is 0 Å². The van der Waals surface area contributed by atoms with Gasteiger partial charge in [-0.2, -0.15) is 0 Å². The van der Waals surface area contributed by atoms with Crippen LogP contribution in [0, 0.1) is 0 Å². The van der Waals surface area contributed by atoms with Crippen LogP contribution in [0.5, 0.6) is 0 Å². The van der Waals surface area contributed by atoms with E-state index in [1.54, 1.807) is 11.8 Å². The Bertz CT molecular complexity index is 146. The molecule has 0 aliphatic rings. The SMILES string of the molecule is CCCCNCCCC.CCCCSC(N)=S. The van der Waals surface area contributed by atoms with Crippen LogP contribution in [0.3, 0.4) is 0 Å². The van der Waals surface area contributed by atoms with Gasteiger partial charge in [0, 0.05) is 5.75 Å². The van der Waals surface area contributed by atoms with Gasteiger partial charge in [0.1, 0.15) is 4.32 Å². The predicted octanol–water partition coefficient (Wildman–Crippen LogP) is 3.94. The van der Waals surface area contributed by atoms with Crippen molar-refractivity contribution in [2.75, 3.05) is 18.8 Å². The van der Waals surface area contributed by atoms with Crippen molar-refractivity contribution in [3.63, 3.8) is 0 Å². The van der Waals surface area contributed by atoms with Crippen molar-refractivity contribution in [1.82, 2.24) is 5.32 Å². The number of unbranched alkanes of at least 4 members (excludes halogenated alkanes) is 3. The average molecular weight is 279 g/mol. The summed E-state index contributed by atoms with van der Waals surface area (Å²) in [6.45, 7) is 9.01. The maximum absolute atomic E-state index is 5.23. The van der Waals surface area contributed by atoms with E-state index in [-0.39, 0.29) is 0 Å². The predicted molar refractivity (Wildman–Crippen MR) is 86.8 cm³/mol. The zero-order valence-electron chi connectivity index (χ0n) is 11.8. The molecule has 0 rings (SSSR count). The minimum Gasteiger partial charge on any atom is -0.385 e. The van der Waals surface area contributed by atoms with Crippen LogP contribution in [0.4, 0.5) is 0 Å². The van der Waals surface area contributed by atoms with E-state index in [0.29, 0.717) is 4.32 Å². The fourth-order valence-corrected chi connectivity index (χ4v) is 1.93. The van der Waals surface area contributed by atoms with E-state index >= 15 is 0 Å². The summed E-state index contributed by atoms with van der Waals surface area (Å²) in [6, 6.07) is 0. The maximum Gasteiger partial charge on any atom is 0.131 e. The van der Waals surface area contributed by atoms with Gasteiger partial charge in [0.05, 0.1) is 0 Å². The summed E-state index contributed by atoms with van der Waals surface area (Å²) in [5, 5.41) is 3.39. The Morgan fingerprint density at radius 2 is 1.47 bits per heavy atom. The van der Waals surface area contributed by atoms with Crippen molar-refractivity contribution in [2.24, 2.45) is 5.73 Å². The van der Waals surface area contributed by atoms with Crippen LogP contribution in [-0.2, 0) is 0 Å². The molecular weight excluding hydrogens is 248 g/mol. The molecule has 0 amide bonds. The highest BCUT2D eigenvalue weighted by atomic mass is 32.2. The molecule has 3 N–H and O–H groups in total. The fraction of sp³-hybridized carbons (Fsp3) is 0.923. The van der Waals surface area contributed by atoms with Crippen LogP contribution in [0.2, 0.25) is 0 Å². The molecule has 0 fully saturated rings. The molecule has 0 bridgehead atoms. The number of nitrogens with two attached hydrogens (primary N) is 1. The first-order chi connectivity index (χ1) is 8.18. The standard InChI is InChI=1S/C8H19N.C5H11NS2/c1-3-5-7-9-8-6-4-2;1-2-3-4-8-5(6)7/h9H,3-8H2,1-2H3;2-4H2,1H3,(H2,6,7). The second-order valence-electron chi connectivity index (χ2n) is 3.98. The summed E-state index contributed by atoms with van der Waals surface area (Å²) in [5.41, 5.74) is 5.23. The lowest BCUT2D eigenvalue weighted by Crippen LogP contribution is -2.15. The van der Waals surface area contributed by atoms with E-state index in [1.165, 1.54) is 51.6 Å². The van der Waals surface area contributed by atoms with Crippen LogP contribution >= 0.6 is 24.0 Å². The summed E-state index contributed by atoms with van der Waals surface area (Å²) in [6.07, 6.45) is 7.68. The highest BCUT2D eigenvalue weighted by Gasteiger charge is 1.87. The van der Waals surface area contributed by atoms with Gasteiger partial charge in [-0.3, -0.25) is 0 Å². The fourth-order valence-electron chi connectivity index (χ4n) is 1.05. The Morgan fingerprint density at radius 3 is 1.82 bits per heavy atom. The van der Waals surface area contributed by atoms with Crippen LogP contribution in [0.15, 0.2) is 0 Å². The lowest BCUT2D eigenvalue weighted by atomic mass is 10.3. The van der Waals surface area contributed by atoms with Gasteiger partial charge < -0.3 is 11.1 Å².